The van der Waals surface area contributed by atoms with Crippen molar-refractivity contribution in [2.75, 3.05) is 77.8 Å². The number of rotatable bonds is 7. The molecule has 0 radical (unpaired) electrons. The quantitative estimate of drug-likeness (QED) is 0.359. The van der Waals surface area contributed by atoms with Crippen molar-refractivity contribution in [2.24, 2.45) is 11.8 Å². The highest BCUT2D eigenvalue weighted by atomic mass is 35.5. The number of hydrogen-bond donors (Lipinski definition) is 1. The molecular formula is C42H56ClN3O8S. The molecule has 6 aliphatic rings. The predicted octanol–water partition coefficient (Wildman–Crippen LogP) is 5.53. The summed E-state index contributed by atoms with van der Waals surface area (Å²) in [5.41, 5.74) is 3.34. The zero-order valence-electron chi connectivity index (χ0n) is 32.0. The molecule has 0 aromatic heterocycles. The molecule has 11 nitrogen and oxygen atoms in total. The van der Waals surface area contributed by atoms with Gasteiger partial charge >= 0.3 is 0 Å². The van der Waals surface area contributed by atoms with E-state index in [0.29, 0.717) is 44.5 Å². The standard InChI is InChI=1S/C42H56ClN3O8S/c1-50-39-8-2-7-37(53-22-18-45-16-20-51-21-17-45)34-12-9-31(34)26-46-27-42(15-3-5-29-23-32(43)11-13-35(29)42)28-54-38-14-10-30(24-36(38)46)41(47)44-55(48,49)40(39)25-33-6-4-19-52-33/h2,7,10-11,13-14,23-24,31,33-34,37,39-40H,3-6,8-9,12,15-22,25-28H2,1H3,(H,44,47)/b7-2-/t31-,33+,34+,37-,39+,40+,42-/m0/s1. The molecule has 8 rings (SSSR count). The molecule has 1 N–H and O–H groups in total. The van der Waals surface area contributed by atoms with Crippen LogP contribution in [0, 0.1) is 11.8 Å². The lowest BCUT2D eigenvalue weighted by atomic mass is 9.68. The van der Waals surface area contributed by atoms with E-state index < -0.39 is 27.3 Å². The van der Waals surface area contributed by atoms with E-state index in [4.69, 9.17) is 35.3 Å². The summed E-state index contributed by atoms with van der Waals surface area (Å²) in [5, 5.41) is -0.260. The molecule has 13 heteroatoms. The Morgan fingerprint density at radius 3 is 2.71 bits per heavy atom. The van der Waals surface area contributed by atoms with Crippen molar-refractivity contribution < 1.29 is 36.9 Å². The van der Waals surface area contributed by atoms with Crippen LogP contribution in [0.15, 0.2) is 48.6 Å². The first-order valence-corrected chi connectivity index (χ1v) is 22.2. The van der Waals surface area contributed by atoms with Crippen LogP contribution in [0.25, 0.3) is 0 Å². The van der Waals surface area contributed by atoms with Crippen LogP contribution < -0.4 is 14.4 Å². The van der Waals surface area contributed by atoms with E-state index in [1.165, 1.54) is 11.1 Å². The van der Waals surface area contributed by atoms with Crippen LogP contribution in [0.5, 0.6) is 5.75 Å². The molecule has 2 aromatic carbocycles. The van der Waals surface area contributed by atoms with Crippen molar-refractivity contribution in [3.05, 3.63) is 70.3 Å². The van der Waals surface area contributed by atoms with Gasteiger partial charge in [-0.1, -0.05) is 29.8 Å². The van der Waals surface area contributed by atoms with Gasteiger partial charge in [0.2, 0.25) is 10.0 Å². The number of anilines is 1. The van der Waals surface area contributed by atoms with Crippen LogP contribution in [-0.2, 0) is 40.8 Å². The first-order chi connectivity index (χ1) is 26.7. The number of ether oxygens (including phenoxy) is 5. The average Bonchev–Trinajstić information content (AvgIpc) is 3.64. The highest BCUT2D eigenvalue weighted by Crippen LogP contribution is 2.47. The minimum absolute atomic E-state index is 0.140. The summed E-state index contributed by atoms with van der Waals surface area (Å²) in [6.45, 7) is 7.28. The summed E-state index contributed by atoms with van der Waals surface area (Å²) in [6.07, 6.45) is 10.4. The molecule has 2 bridgehead atoms. The molecule has 0 unspecified atom stereocenters. The third-order valence-corrected chi connectivity index (χ3v) is 15.0. The zero-order chi connectivity index (χ0) is 38.0. The van der Waals surface area contributed by atoms with Gasteiger partial charge in [0.1, 0.15) is 11.0 Å². The van der Waals surface area contributed by atoms with Gasteiger partial charge in [-0.2, -0.15) is 0 Å². The molecule has 1 amide bonds. The Morgan fingerprint density at radius 1 is 1.05 bits per heavy atom. The van der Waals surface area contributed by atoms with Crippen LogP contribution in [0.4, 0.5) is 5.69 Å². The third kappa shape index (κ3) is 8.61. The summed E-state index contributed by atoms with van der Waals surface area (Å²) in [5.74, 6) is 0.645. The lowest BCUT2D eigenvalue weighted by Crippen LogP contribution is -2.50. The van der Waals surface area contributed by atoms with E-state index in [1.54, 1.807) is 13.2 Å². The molecule has 2 aromatic rings. The van der Waals surface area contributed by atoms with Crippen molar-refractivity contribution in [3.63, 3.8) is 0 Å². The fourth-order valence-corrected chi connectivity index (χ4v) is 11.6. The highest BCUT2D eigenvalue weighted by Gasteiger charge is 2.45. The van der Waals surface area contributed by atoms with Crippen molar-refractivity contribution in [3.8, 4) is 5.75 Å². The third-order valence-electron chi connectivity index (χ3n) is 13.0. The Hall–Kier alpha value is -2.71. The molecule has 7 atom stereocenters. The summed E-state index contributed by atoms with van der Waals surface area (Å²) in [7, 11) is -2.64. The molecule has 2 saturated heterocycles. The molecular weight excluding hydrogens is 742 g/mol. The molecule has 4 heterocycles. The first-order valence-electron chi connectivity index (χ1n) is 20.3. The molecule has 55 heavy (non-hydrogen) atoms. The smallest absolute Gasteiger partial charge is 0.264 e. The van der Waals surface area contributed by atoms with Gasteiger partial charge in [0.25, 0.3) is 5.91 Å². The number of sulfonamides is 1. The zero-order valence-corrected chi connectivity index (χ0v) is 33.5. The molecule has 4 aliphatic heterocycles. The second kappa shape index (κ2) is 17.0. The highest BCUT2D eigenvalue weighted by molar-refractivity contribution is 7.90. The van der Waals surface area contributed by atoms with Crippen molar-refractivity contribution in [1.82, 2.24) is 9.62 Å². The number of carbonyl (C=O) groups excluding carboxylic acids is 1. The number of nitrogens with zero attached hydrogens (tertiary/aromatic N) is 2. The lowest BCUT2D eigenvalue weighted by Gasteiger charge is -2.46. The Bertz CT molecular complexity index is 1820. The van der Waals surface area contributed by atoms with Crippen molar-refractivity contribution >= 4 is 33.2 Å². The van der Waals surface area contributed by atoms with Gasteiger partial charge < -0.3 is 28.6 Å². The fourth-order valence-electron chi connectivity index (χ4n) is 9.83. The Kier molecular flexibility index (Phi) is 12.1. The van der Waals surface area contributed by atoms with Gasteiger partial charge in [-0.05, 0) is 111 Å². The van der Waals surface area contributed by atoms with Gasteiger partial charge in [-0.3, -0.25) is 9.69 Å². The number of morpholine rings is 1. The van der Waals surface area contributed by atoms with Crippen molar-refractivity contribution in [1.29, 1.82) is 0 Å². The Morgan fingerprint density at radius 2 is 1.93 bits per heavy atom. The summed E-state index contributed by atoms with van der Waals surface area (Å²) >= 11 is 6.50. The van der Waals surface area contributed by atoms with E-state index in [9.17, 15) is 13.2 Å². The molecule has 1 saturated carbocycles. The first kappa shape index (κ1) is 39.1. The van der Waals surface area contributed by atoms with Crippen molar-refractivity contribution in [2.45, 2.75) is 86.8 Å². The molecule has 1 spiro atoms. The maximum Gasteiger partial charge on any atom is 0.264 e. The topological polar surface area (TPSA) is 116 Å². The normalized spacial score (nSPS) is 33.1. The number of amides is 1. The van der Waals surface area contributed by atoms with Crippen LogP contribution in [0.2, 0.25) is 5.02 Å². The second-order valence-electron chi connectivity index (χ2n) is 16.4. The van der Waals surface area contributed by atoms with Gasteiger partial charge in [-0.25, -0.2) is 13.1 Å². The van der Waals surface area contributed by atoms with E-state index >= 15 is 0 Å². The minimum atomic E-state index is -4.19. The lowest BCUT2D eigenvalue weighted by molar-refractivity contribution is -0.0316. The van der Waals surface area contributed by atoms with E-state index in [0.717, 1.165) is 95.0 Å². The number of benzene rings is 2. The molecule has 300 valence electrons. The summed E-state index contributed by atoms with van der Waals surface area (Å²) < 4.78 is 61.8. The number of nitrogens with one attached hydrogen (secondary N) is 1. The number of carbonyl (C=O) groups is 1. The Balaban J connectivity index is 1.15. The summed E-state index contributed by atoms with van der Waals surface area (Å²) in [6, 6.07) is 11.6. The number of aryl methyl sites for hydroxylation is 1. The largest absolute Gasteiger partial charge is 0.490 e. The van der Waals surface area contributed by atoms with Crippen LogP contribution >= 0.6 is 11.6 Å². The van der Waals surface area contributed by atoms with Gasteiger partial charge in [0, 0.05) is 62.4 Å². The fraction of sp³-hybridized carbons (Fsp3) is 0.643. The predicted molar refractivity (Wildman–Crippen MR) is 212 cm³/mol. The maximum atomic E-state index is 14.2. The maximum absolute atomic E-state index is 14.2. The van der Waals surface area contributed by atoms with E-state index in [1.807, 2.05) is 24.3 Å². The van der Waals surface area contributed by atoms with E-state index in [-0.39, 0.29) is 35.5 Å². The number of methoxy groups -OCH3 is 1. The van der Waals surface area contributed by atoms with E-state index in [2.05, 4.69) is 32.7 Å². The molecule has 2 aliphatic carbocycles. The summed E-state index contributed by atoms with van der Waals surface area (Å²) in [4.78, 5) is 18.8. The monoisotopic (exact) mass is 797 g/mol. The van der Waals surface area contributed by atoms with Crippen LogP contribution in [-0.4, -0.2) is 116 Å². The average molecular weight is 798 g/mol. The number of fused-ring (bicyclic) bond motifs is 4. The van der Waals surface area contributed by atoms with Gasteiger partial charge in [0.15, 0.2) is 0 Å². The SMILES string of the molecule is CO[C@@H]1C/C=C\[C@H](OCCN2CCOCC2)[C@@H]2CC[C@H]2CN2C[C@@]3(CCCc4cc(Cl)ccc43)COc3ccc(cc32)C(=O)NS(=O)(=O)[C@@H]1C[C@H]1CCCO1. The minimum Gasteiger partial charge on any atom is -0.490 e. The van der Waals surface area contributed by atoms with Crippen LogP contribution in [0.3, 0.4) is 0 Å². The second-order valence-corrected chi connectivity index (χ2v) is 18.7. The van der Waals surface area contributed by atoms with Gasteiger partial charge in [0.05, 0.1) is 50.4 Å². The van der Waals surface area contributed by atoms with Gasteiger partial charge in [-0.15, -0.1) is 0 Å². The van der Waals surface area contributed by atoms with Crippen LogP contribution in [0.1, 0.15) is 72.9 Å². The molecule has 3 fully saturated rings. The number of halogens is 1. The number of hydrogen-bond acceptors (Lipinski definition) is 10. The Labute approximate surface area is 331 Å².